The van der Waals surface area contributed by atoms with Crippen LogP contribution in [0.5, 0.6) is 5.75 Å². The molecule has 1 aliphatic heterocycles. The van der Waals surface area contributed by atoms with E-state index in [2.05, 4.69) is 17.9 Å². The van der Waals surface area contributed by atoms with Gasteiger partial charge in [0, 0.05) is 19.1 Å². The highest BCUT2D eigenvalue weighted by Crippen LogP contribution is 2.28. The monoisotopic (exact) mass is 236 g/mol. The Kier molecular flexibility index (Phi) is 3.86. The molecule has 0 aromatic heterocycles. The van der Waals surface area contributed by atoms with Gasteiger partial charge in [-0.3, -0.25) is 4.90 Å². The van der Waals surface area contributed by atoms with Crippen molar-refractivity contribution in [1.29, 1.82) is 0 Å². The Balaban J connectivity index is 2.12. The van der Waals surface area contributed by atoms with Gasteiger partial charge in [-0.1, -0.05) is 6.07 Å². The molecule has 1 fully saturated rings. The molecule has 1 aromatic carbocycles. The number of morpholine rings is 1. The number of hydrogen-bond acceptors (Lipinski definition) is 4. The Morgan fingerprint density at radius 2 is 2.06 bits per heavy atom. The van der Waals surface area contributed by atoms with Crippen LogP contribution in [0.2, 0.25) is 0 Å². The zero-order valence-corrected chi connectivity index (χ0v) is 10.5. The summed E-state index contributed by atoms with van der Waals surface area (Å²) < 4.78 is 10.5. The first-order valence-electron chi connectivity index (χ1n) is 5.97. The maximum absolute atomic E-state index is 5.93. The Bertz CT molecular complexity index is 376. The minimum atomic E-state index is 0.368. The van der Waals surface area contributed by atoms with Gasteiger partial charge in [-0.2, -0.15) is 0 Å². The Morgan fingerprint density at radius 1 is 1.35 bits per heavy atom. The van der Waals surface area contributed by atoms with E-state index in [1.165, 1.54) is 5.56 Å². The lowest BCUT2D eigenvalue weighted by atomic mass is 10.1. The summed E-state index contributed by atoms with van der Waals surface area (Å²) in [6, 6.07) is 6.38. The van der Waals surface area contributed by atoms with Crippen molar-refractivity contribution in [3.8, 4) is 5.75 Å². The maximum atomic E-state index is 5.93. The van der Waals surface area contributed by atoms with Gasteiger partial charge in [0.05, 0.1) is 26.0 Å². The summed E-state index contributed by atoms with van der Waals surface area (Å²) in [7, 11) is 1.64. The molecular weight excluding hydrogens is 216 g/mol. The maximum Gasteiger partial charge on any atom is 0.141 e. The Morgan fingerprint density at radius 3 is 2.65 bits per heavy atom. The fraction of sp³-hybridized carbons (Fsp3) is 0.538. The highest BCUT2D eigenvalue weighted by Gasteiger charge is 2.18. The van der Waals surface area contributed by atoms with Crippen molar-refractivity contribution < 1.29 is 9.47 Å². The fourth-order valence-electron chi connectivity index (χ4n) is 2.19. The second kappa shape index (κ2) is 5.38. The number of ether oxygens (including phenoxy) is 2. The lowest BCUT2D eigenvalue weighted by Gasteiger charge is -2.32. The molecule has 1 saturated heterocycles. The molecule has 0 aliphatic carbocycles. The van der Waals surface area contributed by atoms with Gasteiger partial charge in [-0.15, -0.1) is 0 Å². The molecule has 4 nitrogen and oxygen atoms in total. The number of anilines is 1. The van der Waals surface area contributed by atoms with Crippen LogP contribution in [0.3, 0.4) is 0 Å². The highest BCUT2D eigenvalue weighted by atomic mass is 16.5. The molecule has 2 rings (SSSR count). The van der Waals surface area contributed by atoms with Crippen LogP contribution >= 0.6 is 0 Å². The third-order valence-electron chi connectivity index (χ3n) is 3.33. The van der Waals surface area contributed by atoms with Crippen LogP contribution < -0.4 is 10.5 Å². The molecule has 1 heterocycles. The van der Waals surface area contributed by atoms with E-state index < -0.39 is 0 Å². The van der Waals surface area contributed by atoms with Gasteiger partial charge in [0.2, 0.25) is 0 Å². The third-order valence-corrected chi connectivity index (χ3v) is 3.33. The molecule has 1 unspecified atom stereocenters. The van der Waals surface area contributed by atoms with Gasteiger partial charge < -0.3 is 15.2 Å². The summed E-state index contributed by atoms with van der Waals surface area (Å²) in [4.78, 5) is 2.41. The summed E-state index contributed by atoms with van der Waals surface area (Å²) in [6.45, 7) is 5.79. The number of rotatable bonds is 3. The number of nitrogen functional groups attached to an aromatic ring is 1. The van der Waals surface area contributed by atoms with Gasteiger partial charge in [0.1, 0.15) is 5.75 Å². The fourth-order valence-corrected chi connectivity index (χ4v) is 2.19. The van der Waals surface area contributed by atoms with E-state index in [1.807, 2.05) is 12.1 Å². The standard InChI is InChI=1S/C13H20N2O2/c1-10(15-5-7-17-8-6-15)11-3-4-13(16-2)12(14)9-11/h3-4,9-10H,5-8,14H2,1-2H3. The molecule has 0 bridgehead atoms. The molecule has 4 heteroatoms. The normalized spacial score (nSPS) is 18.9. The zero-order valence-electron chi connectivity index (χ0n) is 10.5. The third kappa shape index (κ3) is 2.70. The van der Waals surface area contributed by atoms with Crippen molar-refractivity contribution in [1.82, 2.24) is 4.90 Å². The molecule has 1 aromatic rings. The van der Waals surface area contributed by atoms with Crippen LogP contribution in [0.1, 0.15) is 18.5 Å². The number of hydrogen-bond donors (Lipinski definition) is 1. The van der Waals surface area contributed by atoms with E-state index in [-0.39, 0.29) is 0 Å². The highest BCUT2D eigenvalue weighted by molar-refractivity contribution is 5.54. The van der Waals surface area contributed by atoms with Crippen LogP contribution in [0.25, 0.3) is 0 Å². The van der Waals surface area contributed by atoms with E-state index in [0.29, 0.717) is 11.7 Å². The molecule has 0 amide bonds. The first kappa shape index (κ1) is 12.2. The summed E-state index contributed by atoms with van der Waals surface area (Å²) in [5, 5.41) is 0. The molecule has 0 spiro atoms. The summed E-state index contributed by atoms with van der Waals surface area (Å²) in [5.74, 6) is 0.739. The zero-order chi connectivity index (χ0) is 12.3. The quantitative estimate of drug-likeness (QED) is 0.811. The van der Waals surface area contributed by atoms with Crippen LogP contribution in [0, 0.1) is 0 Å². The predicted molar refractivity (Wildman–Crippen MR) is 68.2 cm³/mol. The number of nitrogens with two attached hydrogens (primary N) is 1. The van der Waals surface area contributed by atoms with Crippen molar-refractivity contribution >= 4 is 5.69 Å². The lowest BCUT2D eigenvalue weighted by molar-refractivity contribution is 0.0198. The number of methoxy groups -OCH3 is 1. The molecule has 1 atom stereocenters. The second-order valence-electron chi connectivity index (χ2n) is 4.33. The van der Waals surface area contributed by atoms with E-state index in [9.17, 15) is 0 Å². The lowest BCUT2D eigenvalue weighted by Crippen LogP contribution is -2.38. The van der Waals surface area contributed by atoms with Crippen LogP contribution in [-0.4, -0.2) is 38.3 Å². The molecule has 0 saturated carbocycles. The van der Waals surface area contributed by atoms with E-state index in [0.717, 1.165) is 32.1 Å². The van der Waals surface area contributed by atoms with Crippen molar-refractivity contribution in [3.63, 3.8) is 0 Å². The average Bonchev–Trinajstić information content (AvgIpc) is 2.39. The summed E-state index contributed by atoms with van der Waals surface area (Å²) >= 11 is 0. The van der Waals surface area contributed by atoms with E-state index in [4.69, 9.17) is 15.2 Å². The number of benzene rings is 1. The molecule has 1 aliphatic rings. The van der Waals surface area contributed by atoms with E-state index >= 15 is 0 Å². The van der Waals surface area contributed by atoms with Gasteiger partial charge in [0.25, 0.3) is 0 Å². The molecule has 0 radical (unpaired) electrons. The van der Waals surface area contributed by atoms with Crippen LogP contribution in [0.15, 0.2) is 18.2 Å². The van der Waals surface area contributed by atoms with Gasteiger partial charge in [-0.05, 0) is 24.6 Å². The van der Waals surface area contributed by atoms with Crippen molar-refractivity contribution in [2.45, 2.75) is 13.0 Å². The Labute approximate surface area is 102 Å². The SMILES string of the molecule is COc1ccc(C(C)N2CCOCC2)cc1N. The van der Waals surface area contributed by atoms with Crippen molar-refractivity contribution in [2.75, 3.05) is 39.1 Å². The molecule has 94 valence electrons. The molecule has 17 heavy (non-hydrogen) atoms. The van der Waals surface area contributed by atoms with Gasteiger partial charge in [-0.25, -0.2) is 0 Å². The Hall–Kier alpha value is -1.26. The largest absolute Gasteiger partial charge is 0.495 e. The summed E-state index contributed by atoms with van der Waals surface area (Å²) in [6.07, 6.45) is 0. The smallest absolute Gasteiger partial charge is 0.141 e. The van der Waals surface area contributed by atoms with E-state index in [1.54, 1.807) is 7.11 Å². The molecular formula is C13H20N2O2. The second-order valence-corrected chi connectivity index (χ2v) is 4.33. The molecule has 2 N–H and O–H groups in total. The number of nitrogens with zero attached hydrogens (tertiary/aromatic N) is 1. The average molecular weight is 236 g/mol. The first-order valence-corrected chi connectivity index (χ1v) is 5.97. The van der Waals surface area contributed by atoms with Crippen molar-refractivity contribution in [2.24, 2.45) is 0 Å². The predicted octanol–water partition coefficient (Wildman–Crippen LogP) is 1.67. The minimum Gasteiger partial charge on any atom is -0.495 e. The minimum absolute atomic E-state index is 0.368. The van der Waals surface area contributed by atoms with Crippen LogP contribution in [-0.2, 0) is 4.74 Å². The van der Waals surface area contributed by atoms with Gasteiger partial charge in [0.15, 0.2) is 0 Å². The van der Waals surface area contributed by atoms with Crippen LogP contribution in [0.4, 0.5) is 5.69 Å². The van der Waals surface area contributed by atoms with Gasteiger partial charge >= 0.3 is 0 Å². The topological polar surface area (TPSA) is 47.7 Å². The van der Waals surface area contributed by atoms with Crippen molar-refractivity contribution in [3.05, 3.63) is 23.8 Å². The first-order chi connectivity index (χ1) is 8.22. The summed E-state index contributed by atoms with van der Waals surface area (Å²) in [5.41, 5.74) is 7.86.